The van der Waals surface area contributed by atoms with Crippen LogP contribution in [0.3, 0.4) is 0 Å². The number of hydrogen-bond donors (Lipinski definition) is 1. The van der Waals surface area contributed by atoms with Gasteiger partial charge >= 0.3 is 0 Å². The quantitative estimate of drug-likeness (QED) is 0.866. The van der Waals surface area contributed by atoms with E-state index >= 15 is 0 Å². The number of tetrazole rings is 1. The number of hydrogen-bond acceptors (Lipinski definition) is 5. The summed E-state index contributed by atoms with van der Waals surface area (Å²) in [5, 5.41) is 21.4. The molecule has 1 atom stereocenters. The van der Waals surface area contributed by atoms with Crippen LogP contribution < -0.4 is 0 Å². The first-order chi connectivity index (χ1) is 9.19. The summed E-state index contributed by atoms with van der Waals surface area (Å²) < 4.78 is 2.72. The topological polar surface area (TPSA) is 63.8 Å². The maximum atomic E-state index is 9.80. The van der Waals surface area contributed by atoms with Gasteiger partial charge in [-0.3, -0.25) is 0 Å². The fraction of sp³-hybridized carbons (Fsp3) is 0.417. The van der Waals surface area contributed by atoms with Crippen LogP contribution in [0.25, 0.3) is 0 Å². The lowest BCUT2D eigenvalue weighted by molar-refractivity contribution is 0.170. The number of benzene rings is 1. The molecule has 0 radical (unpaired) electrons. The fourth-order valence-electron chi connectivity index (χ4n) is 1.72. The lowest BCUT2D eigenvalue weighted by atomic mass is 10.1. The van der Waals surface area contributed by atoms with Crippen molar-refractivity contribution in [3.63, 3.8) is 0 Å². The number of aromatic nitrogens is 4. The molecule has 0 aliphatic heterocycles. The van der Waals surface area contributed by atoms with E-state index in [1.165, 1.54) is 0 Å². The van der Waals surface area contributed by atoms with E-state index in [9.17, 15) is 5.11 Å². The van der Waals surface area contributed by atoms with Crippen LogP contribution in [-0.4, -0.2) is 43.4 Å². The summed E-state index contributed by atoms with van der Waals surface area (Å²) in [6.45, 7) is 0.430. The number of aliphatic hydroxyl groups is 1. The highest BCUT2D eigenvalue weighted by Gasteiger charge is 2.11. The van der Waals surface area contributed by atoms with Crippen molar-refractivity contribution in [2.75, 3.05) is 12.0 Å². The molecule has 0 saturated heterocycles. The van der Waals surface area contributed by atoms with Gasteiger partial charge in [0.15, 0.2) is 5.82 Å². The second-order valence-corrected chi connectivity index (χ2v) is 6.02. The van der Waals surface area contributed by atoms with Gasteiger partial charge in [0.05, 0.1) is 12.6 Å². The van der Waals surface area contributed by atoms with E-state index in [4.69, 9.17) is 0 Å². The Labute approximate surface area is 124 Å². The van der Waals surface area contributed by atoms with Gasteiger partial charge in [0, 0.05) is 16.6 Å². The second-order valence-electron chi connectivity index (χ2n) is 4.19. The van der Waals surface area contributed by atoms with Crippen LogP contribution in [0.15, 0.2) is 28.7 Å². The molecule has 0 aliphatic carbocycles. The first-order valence-electron chi connectivity index (χ1n) is 5.85. The molecule has 0 aliphatic rings. The molecule has 1 aromatic heterocycles. The second kappa shape index (κ2) is 7.02. The Morgan fingerprint density at radius 2 is 2.11 bits per heavy atom. The van der Waals surface area contributed by atoms with Gasteiger partial charge in [0.25, 0.3) is 0 Å². The molecule has 102 valence electrons. The first kappa shape index (κ1) is 14.5. The Balaban J connectivity index is 2.05. The highest BCUT2D eigenvalue weighted by Crippen LogP contribution is 2.13. The normalized spacial score (nSPS) is 12.6. The van der Waals surface area contributed by atoms with Gasteiger partial charge in [-0.2, -0.15) is 11.8 Å². The molecule has 1 aromatic carbocycles. The summed E-state index contributed by atoms with van der Waals surface area (Å²) in [4.78, 5) is 0. The maximum absolute atomic E-state index is 9.80. The highest BCUT2D eigenvalue weighted by atomic mass is 79.9. The minimum atomic E-state index is -0.429. The van der Waals surface area contributed by atoms with Crippen molar-refractivity contribution in [1.29, 1.82) is 0 Å². The monoisotopic (exact) mass is 342 g/mol. The summed E-state index contributed by atoms with van der Waals surface area (Å²) in [5.74, 6) is 1.44. The van der Waals surface area contributed by atoms with E-state index in [-0.39, 0.29) is 0 Å². The lowest BCUT2D eigenvalue weighted by Crippen LogP contribution is -2.21. The summed E-state index contributed by atoms with van der Waals surface area (Å²) in [6.07, 6.45) is 2.19. The molecule has 7 heteroatoms. The van der Waals surface area contributed by atoms with Crippen LogP contribution in [0.5, 0.6) is 0 Å². The van der Waals surface area contributed by atoms with Crippen molar-refractivity contribution in [1.82, 2.24) is 20.2 Å². The molecule has 0 amide bonds. The van der Waals surface area contributed by atoms with E-state index < -0.39 is 6.10 Å². The van der Waals surface area contributed by atoms with Crippen LogP contribution in [0.2, 0.25) is 0 Å². The van der Waals surface area contributed by atoms with Crippen LogP contribution in [0.4, 0.5) is 0 Å². The third-order valence-electron chi connectivity index (χ3n) is 2.62. The van der Waals surface area contributed by atoms with Crippen LogP contribution >= 0.6 is 27.7 Å². The predicted octanol–water partition coefficient (Wildman–Crippen LogP) is 1.75. The maximum Gasteiger partial charge on any atom is 0.155 e. The van der Waals surface area contributed by atoms with Gasteiger partial charge in [-0.05, 0) is 34.4 Å². The minimum absolute atomic E-state index is 0.429. The zero-order chi connectivity index (χ0) is 13.7. The van der Waals surface area contributed by atoms with Gasteiger partial charge < -0.3 is 5.11 Å². The van der Waals surface area contributed by atoms with E-state index in [1.807, 2.05) is 30.5 Å². The summed E-state index contributed by atoms with van der Waals surface area (Å²) in [7, 11) is 0. The van der Waals surface area contributed by atoms with Gasteiger partial charge in [0.2, 0.25) is 0 Å². The Morgan fingerprint density at radius 3 is 2.79 bits per heavy atom. The zero-order valence-electron chi connectivity index (χ0n) is 10.5. The molecule has 0 spiro atoms. The molecule has 0 bridgehead atoms. The molecule has 0 fully saturated rings. The van der Waals surface area contributed by atoms with Crippen LogP contribution in [0.1, 0.15) is 11.4 Å². The van der Waals surface area contributed by atoms with Gasteiger partial charge in [0.1, 0.15) is 0 Å². The number of rotatable bonds is 6. The van der Waals surface area contributed by atoms with Gasteiger partial charge in [-0.15, -0.1) is 5.10 Å². The summed E-state index contributed by atoms with van der Waals surface area (Å²) in [5.41, 5.74) is 1.14. The van der Waals surface area contributed by atoms with Crippen molar-refractivity contribution < 1.29 is 5.11 Å². The summed E-state index contributed by atoms with van der Waals surface area (Å²) in [6, 6.07) is 8.04. The molecule has 1 N–H and O–H groups in total. The first-order valence-corrected chi connectivity index (χ1v) is 8.04. The smallest absolute Gasteiger partial charge is 0.155 e. The molecule has 0 unspecified atom stereocenters. The molecule has 2 rings (SSSR count). The van der Waals surface area contributed by atoms with Gasteiger partial charge in [-0.25, -0.2) is 4.68 Å². The SMILES string of the molecule is CSC[C@H](O)Cn1nnnc1Cc1ccc(Br)cc1. The Kier molecular flexibility index (Phi) is 5.35. The van der Waals surface area contributed by atoms with E-state index in [2.05, 4.69) is 31.5 Å². The lowest BCUT2D eigenvalue weighted by Gasteiger charge is -2.10. The van der Waals surface area contributed by atoms with Gasteiger partial charge in [-0.1, -0.05) is 28.1 Å². The van der Waals surface area contributed by atoms with Crippen LogP contribution in [0, 0.1) is 0 Å². The highest BCUT2D eigenvalue weighted by molar-refractivity contribution is 9.10. The molecular formula is C12H15BrN4OS. The number of halogens is 1. The number of thioether (sulfide) groups is 1. The number of nitrogens with zero attached hydrogens (tertiary/aromatic N) is 4. The molecule has 5 nitrogen and oxygen atoms in total. The molecular weight excluding hydrogens is 328 g/mol. The standard InChI is InChI=1S/C12H15BrN4OS/c1-19-8-11(18)7-17-12(14-15-16-17)6-9-2-4-10(13)5-3-9/h2-5,11,18H,6-8H2,1H3/t11-/m1/s1. The van der Waals surface area contributed by atoms with Crippen molar-refractivity contribution in [3.05, 3.63) is 40.1 Å². The predicted molar refractivity (Wildman–Crippen MR) is 79.2 cm³/mol. The van der Waals surface area contributed by atoms with E-state index in [1.54, 1.807) is 16.4 Å². The van der Waals surface area contributed by atoms with E-state index in [0.29, 0.717) is 18.7 Å². The average molecular weight is 343 g/mol. The van der Waals surface area contributed by atoms with Crippen LogP contribution in [-0.2, 0) is 13.0 Å². The molecule has 0 saturated carbocycles. The number of aliphatic hydroxyl groups excluding tert-OH is 1. The Bertz CT molecular complexity index is 517. The van der Waals surface area contributed by atoms with Crippen molar-refractivity contribution >= 4 is 27.7 Å². The zero-order valence-corrected chi connectivity index (χ0v) is 12.9. The molecule has 1 heterocycles. The van der Waals surface area contributed by atoms with Crippen molar-refractivity contribution in [2.45, 2.75) is 19.1 Å². The Hall–Kier alpha value is -0.920. The molecule has 2 aromatic rings. The third-order valence-corrected chi connectivity index (χ3v) is 3.87. The van der Waals surface area contributed by atoms with E-state index in [0.717, 1.165) is 15.9 Å². The summed E-state index contributed by atoms with van der Waals surface area (Å²) >= 11 is 5.01. The third kappa shape index (κ3) is 4.29. The minimum Gasteiger partial charge on any atom is -0.390 e. The van der Waals surface area contributed by atoms with Crippen molar-refractivity contribution in [3.8, 4) is 0 Å². The van der Waals surface area contributed by atoms with Crippen molar-refractivity contribution in [2.24, 2.45) is 0 Å². The molecule has 19 heavy (non-hydrogen) atoms. The fourth-order valence-corrected chi connectivity index (χ4v) is 2.48. The average Bonchev–Trinajstić information content (AvgIpc) is 2.80. The Morgan fingerprint density at radius 1 is 1.37 bits per heavy atom. The largest absolute Gasteiger partial charge is 0.390 e.